The number of primary sulfonamides is 1. The van der Waals surface area contributed by atoms with Crippen LogP contribution in [0.2, 0.25) is 0 Å². The summed E-state index contributed by atoms with van der Waals surface area (Å²) in [5, 5.41) is 7.66. The summed E-state index contributed by atoms with van der Waals surface area (Å²) in [6.45, 7) is 2.23. The minimum absolute atomic E-state index is 0.133. The quantitative estimate of drug-likeness (QED) is 0.839. The fraction of sp³-hybridized carbons (Fsp3) is 0.500. The van der Waals surface area contributed by atoms with Crippen LogP contribution in [0.5, 0.6) is 0 Å². The smallest absolute Gasteiger partial charge is 0.385 e. The number of hydrogen-bond donors (Lipinski definition) is 2. The average Bonchev–Trinajstić information content (AvgIpc) is 2.34. The maximum atomic E-state index is 12.9. The van der Waals surface area contributed by atoms with Crippen LogP contribution < -0.4 is 10.5 Å². The Morgan fingerprint density at radius 3 is 2.48 bits per heavy atom. The molecular weight excluding hydrogens is 309 g/mol. The Balaban J connectivity index is 3.12. The van der Waals surface area contributed by atoms with Gasteiger partial charge in [0.15, 0.2) is 0 Å². The van der Waals surface area contributed by atoms with Crippen LogP contribution in [0.25, 0.3) is 0 Å². The van der Waals surface area contributed by atoms with E-state index >= 15 is 0 Å². The third kappa shape index (κ3) is 5.18. The van der Waals surface area contributed by atoms with E-state index in [4.69, 9.17) is 9.88 Å². The van der Waals surface area contributed by atoms with Crippen LogP contribution in [-0.2, 0) is 20.9 Å². The molecule has 0 heterocycles. The van der Waals surface area contributed by atoms with Crippen molar-refractivity contribution in [3.8, 4) is 0 Å². The lowest BCUT2D eigenvalue weighted by atomic mass is 10.1. The van der Waals surface area contributed by atoms with E-state index in [-0.39, 0.29) is 11.7 Å². The molecule has 1 atom stereocenters. The summed E-state index contributed by atoms with van der Waals surface area (Å²) in [6, 6.07) is 2.71. The molecule has 0 aliphatic heterocycles. The minimum atomic E-state index is -4.81. The lowest BCUT2D eigenvalue weighted by Gasteiger charge is -2.18. The molecule has 0 aliphatic rings. The topological polar surface area (TPSA) is 81.4 Å². The molecule has 0 saturated carbocycles. The predicted octanol–water partition coefficient (Wildman–Crippen LogP) is 2.19. The minimum Gasteiger partial charge on any atom is -0.385 e. The van der Waals surface area contributed by atoms with Crippen molar-refractivity contribution >= 4 is 15.7 Å². The van der Waals surface area contributed by atoms with Crippen LogP contribution in [0.15, 0.2) is 23.1 Å². The van der Waals surface area contributed by atoms with Gasteiger partial charge in [0.1, 0.15) is 0 Å². The molecule has 0 bridgehead atoms. The van der Waals surface area contributed by atoms with Gasteiger partial charge in [-0.3, -0.25) is 0 Å². The van der Waals surface area contributed by atoms with E-state index in [0.29, 0.717) is 13.0 Å². The Morgan fingerprint density at radius 2 is 2.00 bits per heavy atom. The molecule has 5 nitrogen and oxygen atoms in total. The van der Waals surface area contributed by atoms with Crippen molar-refractivity contribution in [2.24, 2.45) is 5.14 Å². The maximum Gasteiger partial charge on any atom is 0.417 e. The van der Waals surface area contributed by atoms with E-state index in [0.717, 1.165) is 12.1 Å². The first kappa shape index (κ1) is 17.7. The molecule has 1 rings (SSSR count). The molecule has 0 fully saturated rings. The molecule has 0 aliphatic carbocycles. The largest absolute Gasteiger partial charge is 0.417 e. The molecule has 3 N–H and O–H groups in total. The highest BCUT2D eigenvalue weighted by Crippen LogP contribution is 2.35. The maximum absolute atomic E-state index is 12.9. The summed E-state index contributed by atoms with van der Waals surface area (Å²) in [5.74, 6) is 0. The second-order valence-electron chi connectivity index (χ2n) is 4.58. The SMILES string of the molecule is COCCC(C)Nc1ccc(S(N)(=O)=O)c(C(F)(F)F)c1. The Kier molecular flexibility index (Phi) is 5.60. The number of nitrogens with two attached hydrogens (primary N) is 1. The highest BCUT2D eigenvalue weighted by atomic mass is 32.2. The normalized spacial score (nSPS) is 14.0. The molecule has 1 aromatic carbocycles. The van der Waals surface area contributed by atoms with Crippen molar-refractivity contribution in [1.29, 1.82) is 0 Å². The molecule has 0 radical (unpaired) electrons. The van der Waals surface area contributed by atoms with E-state index in [9.17, 15) is 21.6 Å². The third-order valence-electron chi connectivity index (χ3n) is 2.76. The van der Waals surface area contributed by atoms with E-state index < -0.39 is 26.7 Å². The molecule has 1 unspecified atom stereocenters. The number of alkyl halides is 3. The first-order valence-corrected chi connectivity index (χ1v) is 7.60. The number of nitrogens with one attached hydrogen (secondary N) is 1. The zero-order valence-electron chi connectivity index (χ0n) is 11.6. The van der Waals surface area contributed by atoms with Crippen molar-refractivity contribution < 1.29 is 26.3 Å². The molecule has 0 saturated heterocycles. The van der Waals surface area contributed by atoms with Crippen molar-refractivity contribution in [2.75, 3.05) is 19.0 Å². The zero-order chi connectivity index (χ0) is 16.3. The standard InChI is InChI=1S/C12H17F3N2O3S/c1-8(5-6-20-2)17-9-3-4-11(21(16,18)19)10(7-9)12(13,14)15/h3-4,7-8,17H,5-6H2,1-2H3,(H2,16,18,19). The van der Waals surface area contributed by atoms with Crippen LogP contribution in [0.4, 0.5) is 18.9 Å². The summed E-state index contributed by atoms with van der Waals surface area (Å²) < 4.78 is 66.1. The molecular formula is C12H17F3N2O3S. The van der Waals surface area contributed by atoms with Gasteiger partial charge in [0, 0.05) is 25.4 Å². The monoisotopic (exact) mass is 326 g/mol. The lowest BCUT2D eigenvalue weighted by Crippen LogP contribution is -2.21. The molecule has 1 aromatic rings. The van der Waals surface area contributed by atoms with Gasteiger partial charge in [-0.2, -0.15) is 13.2 Å². The fourth-order valence-corrected chi connectivity index (χ4v) is 2.48. The van der Waals surface area contributed by atoms with Crippen molar-refractivity contribution in [1.82, 2.24) is 0 Å². The summed E-state index contributed by atoms with van der Waals surface area (Å²) in [5.41, 5.74) is -1.12. The van der Waals surface area contributed by atoms with Crippen molar-refractivity contribution in [3.63, 3.8) is 0 Å². The van der Waals surface area contributed by atoms with Gasteiger partial charge in [0.2, 0.25) is 10.0 Å². The van der Waals surface area contributed by atoms with Crippen LogP contribution in [0.3, 0.4) is 0 Å². The Morgan fingerprint density at radius 1 is 1.38 bits per heavy atom. The molecule has 0 amide bonds. The van der Waals surface area contributed by atoms with Crippen LogP contribution in [-0.4, -0.2) is 28.2 Å². The first-order chi connectivity index (χ1) is 9.55. The highest BCUT2D eigenvalue weighted by molar-refractivity contribution is 7.89. The molecule has 9 heteroatoms. The fourth-order valence-electron chi connectivity index (χ4n) is 1.74. The zero-order valence-corrected chi connectivity index (χ0v) is 12.4. The molecule has 0 spiro atoms. The summed E-state index contributed by atoms with van der Waals surface area (Å²) >= 11 is 0. The molecule has 21 heavy (non-hydrogen) atoms. The number of sulfonamides is 1. The summed E-state index contributed by atoms with van der Waals surface area (Å²) in [4.78, 5) is -0.940. The van der Waals surface area contributed by atoms with Gasteiger partial charge in [-0.05, 0) is 31.5 Å². The number of anilines is 1. The van der Waals surface area contributed by atoms with E-state index in [1.807, 2.05) is 0 Å². The highest BCUT2D eigenvalue weighted by Gasteiger charge is 2.36. The first-order valence-electron chi connectivity index (χ1n) is 6.05. The Hall–Kier alpha value is -1.32. The third-order valence-corrected chi connectivity index (χ3v) is 3.73. The number of halogens is 3. The number of benzene rings is 1. The van der Waals surface area contributed by atoms with Crippen LogP contribution >= 0.6 is 0 Å². The number of hydrogen-bond acceptors (Lipinski definition) is 4. The lowest BCUT2D eigenvalue weighted by molar-refractivity contribution is -0.139. The molecule has 0 aromatic heterocycles. The van der Waals surface area contributed by atoms with Gasteiger partial charge in [0.05, 0.1) is 10.5 Å². The predicted molar refractivity (Wildman–Crippen MR) is 72.4 cm³/mol. The van der Waals surface area contributed by atoms with Gasteiger partial charge in [-0.1, -0.05) is 0 Å². The molecule has 120 valence electrons. The van der Waals surface area contributed by atoms with Gasteiger partial charge in [-0.25, -0.2) is 13.6 Å². The summed E-state index contributed by atoms with van der Waals surface area (Å²) in [7, 11) is -2.92. The van der Waals surface area contributed by atoms with Crippen molar-refractivity contribution in [3.05, 3.63) is 23.8 Å². The number of ether oxygens (including phenoxy) is 1. The Bertz CT molecular complexity index is 588. The van der Waals surface area contributed by atoms with Gasteiger partial charge in [-0.15, -0.1) is 0 Å². The van der Waals surface area contributed by atoms with E-state index in [1.54, 1.807) is 6.92 Å². The van der Waals surface area contributed by atoms with E-state index in [1.165, 1.54) is 13.2 Å². The van der Waals surface area contributed by atoms with Gasteiger partial charge in [0.25, 0.3) is 0 Å². The van der Waals surface area contributed by atoms with Crippen LogP contribution in [0, 0.1) is 0 Å². The second-order valence-corrected chi connectivity index (χ2v) is 6.11. The number of methoxy groups -OCH3 is 1. The number of rotatable bonds is 6. The average molecular weight is 326 g/mol. The van der Waals surface area contributed by atoms with E-state index in [2.05, 4.69) is 5.32 Å². The van der Waals surface area contributed by atoms with Gasteiger partial charge < -0.3 is 10.1 Å². The summed E-state index contributed by atoms with van der Waals surface area (Å²) in [6.07, 6.45) is -4.22. The van der Waals surface area contributed by atoms with Crippen molar-refractivity contribution in [2.45, 2.75) is 30.5 Å². The Labute approximate surface area is 121 Å². The second kappa shape index (κ2) is 6.63. The van der Waals surface area contributed by atoms with Crippen LogP contribution in [0.1, 0.15) is 18.9 Å². The van der Waals surface area contributed by atoms with Gasteiger partial charge >= 0.3 is 6.18 Å².